The third-order valence-electron chi connectivity index (χ3n) is 6.84. The smallest absolute Gasteiger partial charge is 0.343 e. The Labute approximate surface area is 236 Å². The van der Waals surface area contributed by atoms with Crippen LogP contribution in [0, 0.1) is 0 Å². The van der Waals surface area contributed by atoms with Gasteiger partial charge in [-0.15, -0.1) is 0 Å². The van der Waals surface area contributed by atoms with Crippen molar-refractivity contribution in [1.82, 2.24) is 4.90 Å². The van der Waals surface area contributed by atoms with Gasteiger partial charge in [-0.2, -0.15) is 0 Å². The molecule has 40 heavy (non-hydrogen) atoms. The number of ether oxygens (including phenoxy) is 2. The van der Waals surface area contributed by atoms with E-state index in [2.05, 4.69) is 0 Å². The monoisotopic (exact) mass is 558 g/mol. The molecule has 0 spiro atoms. The fourth-order valence-corrected chi connectivity index (χ4v) is 5.94. The zero-order valence-electron chi connectivity index (χ0n) is 22.5. The number of esters is 1. The normalized spacial score (nSPS) is 15.5. The fraction of sp³-hybridized carbons (Fsp3) is 0.226. The number of hydrogen-bond donors (Lipinski definition) is 2. The lowest BCUT2D eigenvalue weighted by molar-refractivity contribution is -0.117. The molecule has 1 amide bonds. The van der Waals surface area contributed by atoms with Gasteiger partial charge in [0.15, 0.2) is 11.5 Å². The minimum absolute atomic E-state index is 0.00573. The molecule has 0 radical (unpaired) electrons. The van der Waals surface area contributed by atoms with E-state index in [-0.39, 0.29) is 17.1 Å². The van der Waals surface area contributed by atoms with Crippen LogP contribution in [0.15, 0.2) is 93.6 Å². The highest BCUT2D eigenvalue weighted by atomic mass is 32.2. The lowest BCUT2D eigenvalue weighted by Crippen LogP contribution is -2.38. The van der Waals surface area contributed by atoms with Crippen LogP contribution in [0.1, 0.15) is 23.2 Å². The summed E-state index contributed by atoms with van der Waals surface area (Å²) in [5.41, 5.74) is 1.60. The van der Waals surface area contributed by atoms with E-state index < -0.39 is 17.6 Å². The van der Waals surface area contributed by atoms with Crippen molar-refractivity contribution in [3.05, 3.63) is 94.3 Å². The number of benzene rings is 3. The summed E-state index contributed by atoms with van der Waals surface area (Å²) in [4.78, 5) is 32.8. The van der Waals surface area contributed by atoms with Gasteiger partial charge >= 0.3 is 5.97 Å². The van der Waals surface area contributed by atoms with Gasteiger partial charge in [0.2, 0.25) is 5.76 Å². The molecule has 8 nitrogen and oxygen atoms in total. The second-order valence-electron chi connectivity index (χ2n) is 9.78. The molecule has 0 bridgehead atoms. The lowest BCUT2D eigenvalue weighted by atomic mass is 10.0. The molecule has 3 aromatic carbocycles. The first-order valence-electron chi connectivity index (χ1n) is 12.9. The van der Waals surface area contributed by atoms with Crippen molar-refractivity contribution in [3.8, 4) is 11.5 Å². The van der Waals surface area contributed by atoms with Gasteiger partial charge in [-0.1, -0.05) is 48.2 Å². The Bertz CT molecular complexity index is 1590. The van der Waals surface area contributed by atoms with E-state index >= 15 is 0 Å². The summed E-state index contributed by atoms with van der Waals surface area (Å²) in [6.07, 6.45) is 5.00. The minimum atomic E-state index is -0.815. The zero-order valence-corrected chi connectivity index (χ0v) is 23.3. The van der Waals surface area contributed by atoms with Gasteiger partial charge in [-0.05, 0) is 67.2 Å². The maximum atomic E-state index is 14.3. The number of phenolic OH excluding ortho intramolecular Hbond substituents is 2. The standard InChI is InChI=1S/C31H30N2O6S/c1-32(2)16-17-33-24-14-10-19-6-4-5-7-23(19)29(24)40-28(20-8-12-22(38-3)13-9-20)27(30(33)36)39-31(37)21-11-15-25(34)26(35)18-21/h4-8,10-12,14-15,18,34-35H,9,13,16-17H2,1-3H3. The number of aromatic hydroxyl groups is 2. The number of phenols is 2. The van der Waals surface area contributed by atoms with E-state index in [4.69, 9.17) is 9.47 Å². The first-order valence-corrected chi connectivity index (χ1v) is 13.7. The molecule has 0 aromatic heterocycles. The molecule has 0 saturated carbocycles. The number of allylic oxidation sites excluding steroid dienone is 4. The van der Waals surface area contributed by atoms with Gasteiger partial charge < -0.3 is 29.5 Å². The summed E-state index contributed by atoms with van der Waals surface area (Å²) in [6.45, 7) is 0.965. The molecule has 5 rings (SSSR count). The molecule has 0 fully saturated rings. The predicted molar refractivity (Wildman–Crippen MR) is 155 cm³/mol. The predicted octanol–water partition coefficient (Wildman–Crippen LogP) is 5.57. The van der Waals surface area contributed by atoms with Crippen molar-refractivity contribution in [2.75, 3.05) is 39.2 Å². The number of thioether (sulfide) groups is 1. The Morgan fingerprint density at radius 2 is 1.82 bits per heavy atom. The molecular formula is C31H30N2O6S. The third kappa shape index (κ3) is 5.43. The molecule has 206 valence electrons. The summed E-state index contributed by atoms with van der Waals surface area (Å²) >= 11 is 1.41. The zero-order chi connectivity index (χ0) is 28.4. The molecular weight excluding hydrogens is 528 g/mol. The number of amides is 1. The Balaban J connectivity index is 1.69. The number of rotatable bonds is 7. The molecule has 2 N–H and O–H groups in total. The number of carbonyl (C=O) groups excluding carboxylic acids is 2. The minimum Gasteiger partial charge on any atom is -0.504 e. The topological polar surface area (TPSA) is 99.5 Å². The second kappa shape index (κ2) is 11.5. The van der Waals surface area contributed by atoms with E-state index in [0.717, 1.165) is 38.8 Å². The van der Waals surface area contributed by atoms with Gasteiger partial charge in [0.25, 0.3) is 5.91 Å². The van der Waals surface area contributed by atoms with Gasteiger partial charge in [0.1, 0.15) is 0 Å². The average molecular weight is 559 g/mol. The molecule has 0 unspecified atom stereocenters. The van der Waals surface area contributed by atoms with Crippen LogP contribution in [0.2, 0.25) is 0 Å². The quantitative estimate of drug-likeness (QED) is 0.287. The Hall–Kier alpha value is -4.21. The van der Waals surface area contributed by atoms with E-state index in [9.17, 15) is 19.8 Å². The first-order chi connectivity index (χ1) is 19.3. The van der Waals surface area contributed by atoms with Gasteiger partial charge in [0, 0.05) is 24.4 Å². The molecule has 9 heteroatoms. The summed E-state index contributed by atoms with van der Waals surface area (Å²) < 4.78 is 11.3. The Morgan fingerprint density at radius 1 is 1.02 bits per heavy atom. The highest BCUT2D eigenvalue weighted by Gasteiger charge is 2.35. The summed E-state index contributed by atoms with van der Waals surface area (Å²) in [7, 11) is 5.49. The van der Waals surface area contributed by atoms with E-state index in [0.29, 0.717) is 30.8 Å². The van der Waals surface area contributed by atoms with Crippen molar-refractivity contribution < 1.29 is 29.3 Å². The SMILES string of the molecule is COC1=CC=C(C2=C(OC(=O)c3ccc(O)c(O)c3)C(=O)N(CCN(C)C)c3ccc4ccccc4c3S2)CC1. The van der Waals surface area contributed by atoms with Crippen molar-refractivity contribution in [2.24, 2.45) is 0 Å². The highest BCUT2D eigenvalue weighted by molar-refractivity contribution is 8.03. The molecule has 1 heterocycles. The van der Waals surface area contributed by atoms with Gasteiger partial charge in [-0.3, -0.25) is 4.79 Å². The number of carbonyl (C=O) groups is 2. The third-order valence-corrected chi connectivity index (χ3v) is 8.13. The van der Waals surface area contributed by atoms with Crippen LogP contribution >= 0.6 is 11.8 Å². The Kier molecular flexibility index (Phi) is 7.86. The number of anilines is 1. The van der Waals surface area contributed by atoms with E-state index in [1.165, 1.54) is 23.9 Å². The number of fused-ring (bicyclic) bond motifs is 3. The van der Waals surface area contributed by atoms with E-state index in [1.807, 2.05) is 67.5 Å². The number of hydrogen-bond acceptors (Lipinski definition) is 8. The van der Waals surface area contributed by atoms with Crippen LogP contribution in [0.5, 0.6) is 11.5 Å². The fourth-order valence-electron chi connectivity index (χ4n) is 4.63. The summed E-state index contributed by atoms with van der Waals surface area (Å²) in [5, 5.41) is 21.7. The van der Waals surface area contributed by atoms with Crippen LogP contribution in [0.25, 0.3) is 10.8 Å². The molecule has 1 aliphatic carbocycles. The van der Waals surface area contributed by atoms with Gasteiger partial charge in [0.05, 0.1) is 29.0 Å². The maximum absolute atomic E-state index is 14.3. The second-order valence-corrected chi connectivity index (χ2v) is 10.8. The average Bonchev–Trinajstić information content (AvgIpc) is 3.07. The molecule has 3 aromatic rings. The van der Waals surface area contributed by atoms with Crippen LogP contribution in [-0.4, -0.2) is 61.3 Å². The summed E-state index contributed by atoms with van der Waals surface area (Å²) in [5.74, 6) is -1.32. The van der Waals surface area contributed by atoms with Crippen molar-refractivity contribution in [2.45, 2.75) is 17.7 Å². The molecule has 1 aliphatic heterocycles. The van der Waals surface area contributed by atoms with Crippen LogP contribution in [0.4, 0.5) is 5.69 Å². The molecule has 0 atom stereocenters. The van der Waals surface area contributed by atoms with Crippen LogP contribution in [0.3, 0.4) is 0 Å². The number of methoxy groups -OCH3 is 1. The van der Waals surface area contributed by atoms with Crippen molar-refractivity contribution in [1.29, 1.82) is 0 Å². The van der Waals surface area contributed by atoms with Crippen molar-refractivity contribution in [3.63, 3.8) is 0 Å². The Morgan fingerprint density at radius 3 is 2.52 bits per heavy atom. The van der Waals surface area contributed by atoms with Gasteiger partial charge in [-0.25, -0.2) is 4.79 Å². The number of likely N-dealkylation sites (N-methyl/N-ethyl adjacent to an activating group) is 1. The molecule has 2 aliphatic rings. The summed E-state index contributed by atoms with van der Waals surface area (Å²) in [6, 6.07) is 15.6. The van der Waals surface area contributed by atoms with Crippen molar-refractivity contribution >= 4 is 40.1 Å². The maximum Gasteiger partial charge on any atom is 0.343 e. The largest absolute Gasteiger partial charge is 0.504 e. The highest BCUT2D eigenvalue weighted by Crippen LogP contribution is 2.48. The number of nitrogens with zero attached hydrogens (tertiary/aromatic N) is 2. The van der Waals surface area contributed by atoms with E-state index in [1.54, 1.807) is 12.0 Å². The van der Waals surface area contributed by atoms with Crippen LogP contribution in [-0.2, 0) is 14.3 Å². The molecule has 0 saturated heterocycles. The lowest BCUT2D eigenvalue weighted by Gasteiger charge is -2.25. The van der Waals surface area contributed by atoms with Crippen LogP contribution < -0.4 is 4.90 Å². The first kappa shape index (κ1) is 27.4.